The van der Waals surface area contributed by atoms with Crippen molar-refractivity contribution in [2.75, 3.05) is 13.1 Å². The van der Waals surface area contributed by atoms with Gasteiger partial charge in [-0.15, -0.1) is 0 Å². The number of unbranched alkanes of at least 4 members (excludes halogenated alkanes) is 2. The highest BCUT2D eigenvalue weighted by Crippen LogP contribution is 2.24. The average Bonchev–Trinajstić information content (AvgIpc) is 2.55. The van der Waals surface area contributed by atoms with Gasteiger partial charge in [-0.2, -0.15) is 4.31 Å². The van der Waals surface area contributed by atoms with Crippen LogP contribution in [-0.2, 0) is 21.2 Å². The van der Waals surface area contributed by atoms with Crippen molar-refractivity contribution in [1.82, 2.24) is 4.31 Å². The van der Waals surface area contributed by atoms with Crippen molar-refractivity contribution >= 4 is 16.0 Å². The molecule has 0 spiro atoms. The summed E-state index contributed by atoms with van der Waals surface area (Å²) in [6, 6.07) is 6.82. The molecule has 7 heteroatoms. The van der Waals surface area contributed by atoms with Gasteiger partial charge in [0.1, 0.15) is 0 Å². The van der Waals surface area contributed by atoms with Gasteiger partial charge in [0.15, 0.2) is 0 Å². The minimum absolute atomic E-state index is 0.106. The highest BCUT2D eigenvalue weighted by atomic mass is 32.2. The topological polar surface area (TPSA) is 94.9 Å². The van der Waals surface area contributed by atoms with Gasteiger partial charge in [-0.3, -0.25) is 4.79 Å². The number of piperidine rings is 1. The summed E-state index contributed by atoms with van der Waals surface area (Å²) in [4.78, 5) is 11.2. The molecule has 0 aromatic heterocycles. The highest BCUT2D eigenvalue weighted by molar-refractivity contribution is 7.89. The van der Waals surface area contributed by atoms with Crippen LogP contribution in [0.2, 0.25) is 0 Å². The summed E-state index contributed by atoms with van der Waals surface area (Å²) in [7, 11) is -3.71. The van der Waals surface area contributed by atoms with Gasteiger partial charge in [0.2, 0.25) is 10.0 Å². The number of sulfonamides is 1. The Balaban J connectivity index is 2.06. The minimum atomic E-state index is -3.71. The number of carboxylic acids is 1. The fourth-order valence-corrected chi connectivity index (χ4v) is 4.44. The van der Waals surface area contributed by atoms with E-state index in [1.165, 1.54) is 4.31 Å². The number of rotatable bonds is 7. The van der Waals surface area contributed by atoms with Crippen molar-refractivity contribution in [3.05, 3.63) is 29.8 Å². The standard InChI is InChI=1S/C17H25NO5S/c1-2-3-4-5-13-6-8-14(9-7-13)24(22,23)18-11-10-15(17(20)21)16(19)12-18/h6-9,15-16,19H,2-5,10-12H2,1H3,(H,20,21)/t15-,16+/m0/s1. The van der Waals surface area contributed by atoms with Crippen molar-refractivity contribution in [2.24, 2.45) is 5.92 Å². The maximum absolute atomic E-state index is 12.6. The quantitative estimate of drug-likeness (QED) is 0.728. The third-order valence-electron chi connectivity index (χ3n) is 4.49. The molecule has 0 radical (unpaired) electrons. The largest absolute Gasteiger partial charge is 0.481 e. The lowest BCUT2D eigenvalue weighted by molar-refractivity contribution is -0.147. The summed E-state index contributed by atoms with van der Waals surface area (Å²) in [6.45, 7) is 2.06. The van der Waals surface area contributed by atoms with Crippen LogP contribution in [-0.4, -0.2) is 48.1 Å². The van der Waals surface area contributed by atoms with Crippen LogP contribution in [0.4, 0.5) is 0 Å². The molecule has 6 nitrogen and oxygen atoms in total. The Morgan fingerprint density at radius 3 is 2.46 bits per heavy atom. The van der Waals surface area contributed by atoms with Gasteiger partial charge >= 0.3 is 5.97 Å². The fraction of sp³-hybridized carbons (Fsp3) is 0.588. The summed E-state index contributed by atoms with van der Waals surface area (Å²) in [5, 5.41) is 18.9. The summed E-state index contributed by atoms with van der Waals surface area (Å²) in [5.74, 6) is -1.99. The maximum Gasteiger partial charge on any atom is 0.309 e. The third-order valence-corrected chi connectivity index (χ3v) is 6.37. The number of β-amino-alcohol motifs (C(OH)–C–C–N with tert-alkyl or cyclic N) is 1. The van der Waals surface area contributed by atoms with Crippen LogP contribution in [0.1, 0.15) is 38.2 Å². The summed E-state index contributed by atoms with van der Waals surface area (Å²) < 4.78 is 26.5. The third kappa shape index (κ3) is 4.34. The Kier molecular flexibility index (Phi) is 6.37. The molecule has 1 saturated heterocycles. The van der Waals surface area contributed by atoms with E-state index in [2.05, 4.69) is 6.92 Å². The zero-order valence-corrected chi connectivity index (χ0v) is 14.7. The summed E-state index contributed by atoms with van der Waals surface area (Å²) >= 11 is 0. The van der Waals surface area contributed by atoms with Gasteiger partial charge in [0.25, 0.3) is 0 Å². The smallest absolute Gasteiger partial charge is 0.309 e. The van der Waals surface area contributed by atoms with Crippen LogP contribution in [0, 0.1) is 5.92 Å². The van der Waals surface area contributed by atoms with E-state index in [4.69, 9.17) is 5.11 Å². The van der Waals surface area contributed by atoms with Crippen LogP contribution >= 0.6 is 0 Å². The Morgan fingerprint density at radius 2 is 1.92 bits per heavy atom. The molecule has 1 aliphatic rings. The molecule has 1 aromatic rings. The van der Waals surface area contributed by atoms with Crippen LogP contribution in [0.25, 0.3) is 0 Å². The lowest BCUT2D eigenvalue weighted by Crippen LogP contribution is -2.48. The second-order valence-corrected chi connectivity index (χ2v) is 8.20. The highest BCUT2D eigenvalue weighted by Gasteiger charge is 2.37. The fourth-order valence-electron chi connectivity index (χ4n) is 2.97. The van der Waals surface area contributed by atoms with Crippen LogP contribution in [0.15, 0.2) is 29.2 Å². The van der Waals surface area contributed by atoms with Crippen LogP contribution < -0.4 is 0 Å². The molecular formula is C17H25NO5S. The summed E-state index contributed by atoms with van der Waals surface area (Å²) in [6.07, 6.45) is 3.23. The van der Waals surface area contributed by atoms with Gasteiger partial charge in [-0.25, -0.2) is 8.42 Å². The second-order valence-electron chi connectivity index (χ2n) is 6.26. The first-order valence-electron chi connectivity index (χ1n) is 8.36. The monoisotopic (exact) mass is 355 g/mol. The predicted molar refractivity (Wildman–Crippen MR) is 90.2 cm³/mol. The predicted octanol–water partition coefficient (Wildman–Crippen LogP) is 1.88. The number of nitrogens with zero attached hydrogens (tertiary/aromatic N) is 1. The first kappa shape index (κ1) is 18.9. The Morgan fingerprint density at radius 1 is 1.25 bits per heavy atom. The van der Waals surface area contributed by atoms with Crippen LogP contribution in [0.3, 0.4) is 0 Å². The van der Waals surface area contributed by atoms with Crippen molar-refractivity contribution in [2.45, 2.75) is 50.0 Å². The molecule has 0 saturated carbocycles. The Hall–Kier alpha value is -1.44. The van der Waals surface area contributed by atoms with Crippen molar-refractivity contribution in [3.8, 4) is 0 Å². The zero-order valence-electron chi connectivity index (χ0n) is 13.9. The van der Waals surface area contributed by atoms with E-state index in [0.29, 0.717) is 0 Å². The van der Waals surface area contributed by atoms with Crippen molar-refractivity contribution < 1.29 is 23.4 Å². The molecule has 0 bridgehead atoms. The molecule has 134 valence electrons. The molecular weight excluding hydrogens is 330 g/mol. The number of aliphatic hydroxyl groups is 1. The lowest BCUT2D eigenvalue weighted by atomic mass is 9.95. The van der Waals surface area contributed by atoms with Crippen molar-refractivity contribution in [3.63, 3.8) is 0 Å². The normalized spacial score (nSPS) is 22.4. The van der Waals surface area contributed by atoms with Gasteiger partial charge < -0.3 is 10.2 Å². The molecule has 1 aliphatic heterocycles. The zero-order chi connectivity index (χ0) is 17.7. The number of carbonyl (C=O) groups is 1. The van der Waals surface area contributed by atoms with E-state index in [0.717, 1.165) is 31.2 Å². The van der Waals surface area contributed by atoms with E-state index in [9.17, 15) is 18.3 Å². The SMILES string of the molecule is CCCCCc1ccc(S(=O)(=O)N2CC[C@H](C(=O)O)[C@H](O)C2)cc1. The molecule has 1 heterocycles. The van der Waals surface area contributed by atoms with E-state index in [1.807, 2.05) is 12.1 Å². The number of benzene rings is 1. The number of aliphatic carboxylic acids is 1. The maximum atomic E-state index is 12.6. The van der Waals surface area contributed by atoms with E-state index >= 15 is 0 Å². The van der Waals surface area contributed by atoms with Gasteiger partial charge in [0.05, 0.1) is 16.9 Å². The minimum Gasteiger partial charge on any atom is -0.481 e. The van der Waals surface area contributed by atoms with Crippen molar-refractivity contribution in [1.29, 1.82) is 0 Å². The van der Waals surface area contributed by atoms with Crippen LogP contribution in [0.5, 0.6) is 0 Å². The molecule has 1 fully saturated rings. The number of carboxylic acid groups (broad SMARTS) is 1. The average molecular weight is 355 g/mol. The van der Waals surface area contributed by atoms with Gasteiger partial charge in [-0.05, 0) is 37.0 Å². The lowest BCUT2D eigenvalue weighted by Gasteiger charge is -2.33. The van der Waals surface area contributed by atoms with E-state index in [-0.39, 0.29) is 24.4 Å². The van der Waals surface area contributed by atoms with Gasteiger partial charge in [0, 0.05) is 13.1 Å². The molecule has 24 heavy (non-hydrogen) atoms. The number of aliphatic hydroxyl groups excluding tert-OH is 1. The summed E-state index contributed by atoms with van der Waals surface area (Å²) in [5.41, 5.74) is 1.10. The molecule has 0 aliphatic carbocycles. The number of aryl methyl sites for hydroxylation is 1. The molecule has 0 amide bonds. The van der Waals surface area contributed by atoms with Gasteiger partial charge in [-0.1, -0.05) is 31.9 Å². The van der Waals surface area contributed by atoms with E-state index in [1.54, 1.807) is 12.1 Å². The van der Waals surface area contributed by atoms with E-state index < -0.39 is 28.0 Å². The number of hydrogen-bond acceptors (Lipinski definition) is 4. The molecule has 2 atom stereocenters. The molecule has 1 aromatic carbocycles. The molecule has 2 rings (SSSR count). The number of hydrogen-bond donors (Lipinski definition) is 2. The first-order valence-corrected chi connectivity index (χ1v) is 9.80. The molecule has 0 unspecified atom stereocenters. The Labute approximate surface area is 143 Å². The second kappa shape index (κ2) is 8.09. The molecule has 2 N–H and O–H groups in total. The first-order chi connectivity index (χ1) is 11.4. The Bertz CT molecular complexity index is 656.